The third-order valence-electron chi connectivity index (χ3n) is 4.21. The van der Waals surface area contributed by atoms with Crippen molar-refractivity contribution in [3.05, 3.63) is 47.5 Å². The summed E-state index contributed by atoms with van der Waals surface area (Å²) in [6, 6.07) is 12.8. The number of hydrogen-bond acceptors (Lipinski definition) is 1. The van der Waals surface area contributed by atoms with Gasteiger partial charge in [-0.1, -0.05) is 68.0 Å². The molecule has 0 spiro atoms. The van der Waals surface area contributed by atoms with Gasteiger partial charge in [0.1, 0.15) is 7.28 Å². The molecular weight excluding hydrogens is 230 g/mol. The summed E-state index contributed by atoms with van der Waals surface area (Å²) in [4.78, 5) is 0. The van der Waals surface area contributed by atoms with Crippen molar-refractivity contribution in [1.82, 2.24) is 0 Å². The number of hydrogen-bond donors (Lipinski definition) is 1. The van der Waals surface area contributed by atoms with Crippen LogP contribution in [0.4, 0.5) is 0 Å². The van der Waals surface area contributed by atoms with Crippen molar-refractivity contribution in [2.75, 3.05) is 0 Å². The first-order valence-corrected chi connectivity index (χ1v) is 6.64. The van der Waals surface area contributed by atoms with Crippen LogP contribution in [-0.4, -0.2) is 19.8 Å². The number of benzene rings is 2. The Morgan fingerprint density at radius 3 is 1.95 bits per heavy atom. The molecule has 1 N–H and O–H groups in total. The normalized spacial score (nSPS) is 14.7. The molecule has 0 atom stereocenters. The minimum atomic E-state index is -0.0112. The van der Waals surface area contributed by atoms with Gasteiger partial charge in [0.2, 0.25) is 0 Å². The van der Waals surface area contributed by atoms with Crippen LogP contribution in [0.1, 0.15) is 25.0 Å². The minimum absolute atomic E-state index is 0.0112. The highest BCUT2D eigenvalue weighted by atomic mass is 16.2. The lowest BCUT2D eigenvalue weighted by Gasteiger charge is -2.22. The Morgan fingerprint density at radius 2 is 1.42 bits per heavy atom. The van der Waals surface area contributed by atoms with Crippen LogP contribution in [0.15, 0.2) is 36.4 Å². The Balaban J connectivity index is 2.26. The fourth-order valence-corrected chi connectivity index (χ4v) is 3.03. The largest absolute Gasteiger partial charge is 0.450 e. The second-order valence-electron chi connectivity index (χ2n) is 5.65. The molecular formula is C16H16B2O. The van der Waals surface area contributed by atoms with Crippen LogP contribution in [0.5, 0.6) is 0 Å². The third kappa shape index (κ3) is 1.76. The van der Waals surface area contributed by atoms with E-state index in [9.17, 15) is 5.02 Å². The number of fused-ring (bicyclic) bond motifs is 3. The first-order valence-electron chi connectivity index (χ1n) is 6.64. The lowest BCUT2D eigenvalue weighted by molar-refractivity contribution is 0.615. The second kappa shape index (κ2) is 4.28. The van der Waals surface area contributed by atoms with Gasteiger partial charge in [-0.25, -0.2) is 0 Å². The summed E-state index contributed by atoms with van der Waals surface area (Å²) in [6.45, 7) is 6.56. The van der Waals surface area contributed by atoms with Crippen molar-refractivity contribution in [3.8, 4) is 11.1 Å². The summed E-state index contributed by atoms with van der Waals surface area (Å²) < 4.78 is 0. The Labute approximate surface area is 116 Å². The highest BCUT2D eigenvalue weighted by Crippen LogP contribution is 2.47. The lowest BCUT2D eigenvalue weighted by atomic mass is 9.71. The third-order valence-corrected chi connectivity index (χ3v) is 4.21. The molecule has 2 aromatic rings. The molecule has 92 valence electrons. The summed E-state index contributed by atoms with van der Waals surface area (Å²) in [5.41, 5.74) is 7.37. The van der Waals surface area contributed by atoms with Crippen molar-refractivity contribution in [2.24, 2.45) is 0 Å². The van der Waals surface area contributed by atoms with Crippen molar-refractivity contribution >= 4 is 25.7 Å². The maximum atomic E-state index is 9.21. The Kier molecular flexibility index (Phi) is 2.83. The summed E-state index contributed by atoms with van der Waals surface area (Å²) in [5.74, 6) is 0. The average molecular weight is 246 g/mol. The maximum absolute atomic E-state index is 9.21. The van der Waals surface area contributed by atoms with Gasteiger partial charge >= 0.3 is 7.48 Å². The van der Waals surface area contributed by atoms with E-state index in [0.717, 1.165) is 5.46 Å². The Morgan fingerprint density at radius 1 is 0.895 bits per heavy atom. The van der Waals surface area contributed by atoms with E-state index < -0.39 is 0 Å². The molecule has 0 aliphatic heterocycles. The zero-order valence-electron chi connectivity index (χ0n) is 11.6. The van der Waals surface area contributed by atoms with Crippen LogP contribution in [0.25, 0.3) is 11.1 Å². The van der Waals surface area contributed by atoms with E-state index in [0.29, 0.717) is 0 Å². The summed E-state index contributed by atoms with van der Waals surface area (Å²) in [5, 5.41) is 9.21. The van der Waals surface area contributed by atoms with Crippen molar-refractivity contribution in [2.45, 2.75) is 26.1 Å². The van der Waals surface area contributed by atoms with Gasteiger partial charge in [-0.3, -0.25) is 0 Å². The zero-order valence-corrected chi connectivity index (χ0v) is 11.6. The second-order valence-corrected chi connectivity index (χ2v) is 5.65. The van der Waals surface area contributed by atoms with E-state index in [2.05, 4.69) is 58.3 Å². The molecule has 3 rings (SSSR count). The standard InChI is InChI=1S/C16H16B2O/c1-16(2)14-8-10(17-3)4-6-12(14)13-7-5-11(18-19)9-15(13)16/h4-9,19H,1-3H3. The fraction of sp³-hybridized carbons (Fsp3) is 0.250. The predicted octanol–water partition coefficient (Wildman–Crippen LogP) is 1.61. The van der Waals surface area contributed by atoms with Crippen molar-refractivity contribution in [1.29, 1.82) is 0 Å². The van der Waals surface area contributed by atoms with E-state index in [4.69, 9.17) is 0 Å². The van der Waals surface area contributed by atoms with Crippen LogP contribution in [0.3, 0.4) is 0 Å². The minimum Gasteiger partial charge on any atom is -0.450 e. The molecule has 1 nitrogen and oxygen atoms in total. The van der Waals surface area contributed by atoms with E-state index >= 15 is 0 Å². The number of rotatable bonds is 2. The Bertz CT molecular complexity index is 592. The van der Waals surface area contributed by atoms with Crippen LogP contribution in [0, 0.1) is 0 Å². The summed E-state index contributed by atoms with van der Waals surface area (Å²) in [6.07, 6.45) is 0. The molecule has 0 heterocycles. The van der Waals surface area contributed by atoms with Gasteiger partial charge in [0.25, 0.3) is 0 Å². The smallest absolute Gasteiger partial charge is 0.326 e. The van der Waals surface area contributed by atoms with Crippen molar-refractivity contribution in [3.63, 3.8) is 0 Å². The molecule has 0 aromatic heterocycles. The monoisotopic (exact) mass is 246 g/mol. The van der Waals surface area contributed by atoms with Crippen LogP contribution in [-0.2, 0) is 5.41 Å². The van der Waals surface area contributed by atoms with Crippen LogP contribution >= 0.6 is 0 Å². The Hall–Kier alpha value is -1.47. The predicted molar refractivity (Wildman–Crippen MR) is 82.9 cm³/mol. The zero-order chi connectivity index (χ0) is 13.6. The highest BCUT2D eigenvalue weighted by Gasteiger charge is 2.35. The quantitative estimate of drug-likeness (QED) is 0.798. The van der Waals surface area contributed by atoms with E-state index in [1.54, 1.807) is 0 Å². The van der Waals surface area contributed by atoms with Gasteiger partial charge in [0.15, 0.2) is 0 Å². The summed E-state index contributed by atoms with van der Waals surface area (Å²) >= 11 is 0. The van der Waals surface area contributed by atoms with Crippen LogP contribution in [0.2, 0.25) is 6.82 Å². The molecule has 1 aliphatic carbocycles. The molecule has 0 fully saturated rings. The van der Waals surface area contributed by atoms with E-state index in [1.165, 1.54) is 35.2 Å². The maximum Gasteiger partial charge on any atom is 0.326 e. The van der Waals surface area contributed by atoms with Gasteiger partial charge in [-0.15, -0.1) is 0 Å². The molecule has 0 bridgehead atoms. The van der Waals surface area contributed by atoms with E-state index in [1.807, 2.05) is 6.07 Å². The van der Waals surface area contributed by atoms with Gasteiger partial charge < -0.3 is 5.02 Å². The topological polar surface area (TPSA) is 20.2 Å². The van der Waals surface area contributed by atoms with Gasteiger partial charge in [-0.2, -0.15) is 0 Å². The molecule has 2 aromatic carbocycles. The molecule has 0 saturated heterocycles. The van der Waals surface area contributed by atoms with Crippen molar-refractivity contribution < 1.29 is 5.02 Å². The fourth-order valence-electron chi connectivity index (χ4n) is 3.03. The van der Waals surface area contributed by atoms with Gasteiger partial charge in [0.05, 0.1) is 0 Å². The SMILES string of the molecule is C[B]c1ccc2c(c1)C(C)(C)c1cc([B]O)ccc1-2. The summed E-state index contributed by atoms with van der Waals surface area (Å²) in [7, 11) is 3.30. The van der Waals surface area contributed by atoms with Gasteiger partial charge in [0, 0.05) is 5.41 Å². The first kappa shape index (κ1) is 12.6. The molecule has 2 radical (unpaired) electrons. The molecule has 0 amide bonds. The average Bonchev–Trinajstić information content (AvgIpc) is 2.67. The first-order chi connectivity index (χ1) is 9.07. The van der Waals surface area contributed by atoms with Crippen LogP contribution < -0.4 is 10.9 Å². The molecule has 1 aliphatic rings. The van der Waals surface area contributed by atoms with Gasteiger partial charge in [-0.05, 0) is 22.3 Å². The molecule has 0 saturated carbocycles. The lowest BCUT2D eigenvalue weighted by Crippen LogP contribution is -2.21. The highest BCUT2D eigenvalue weighted by molar-refractivity contribution is 6.52. The molecule has 3 heteroatoms. The molecule has 0 unspecified atom stereocenters. The molecule has 19 heavy (non-hydrogen) atoms. The van der Waals surface area contributed by atoms with E-state index in [-0.39, 0.29) is 5.41 Å².